The number of rotatable bonds is 7. The van der Waals surface area contributed by atoms with Gasteiger partial charge in [-0.2, -0.15) is 0 Å². The molecule has 3 aromatic rings. The van der Waals surface area contributed by atoms with Gasteiger partial charge in [0.2, 0.25) is 10.0 Å². The normalized spacial score (nSPS) is 11.7. The smallest absolute Gasteiger partial charge is 0.269 e. The number of nitrogens with zero attached hydrogens (tertiary/aromatic N) is 1. The number of benzene rings is 2. The fraction of sp³-hybridized carbons (Fsp3) is 0.100. The number of hydrogen-bond donors (Lipinski definition) is 4. The SMILES string of the molecule is CN(C)S(=O)(=O)c1cccc(NC(=S)NNC(=O)c2ccc(NS(=O)(=O)c3cc(Cl)sc3Cl)cc2)c1. The molecule has 1 heterocycles. The van der Waals surface area contributed by atoms with Crippen LogP contribution in [-0.2, 0) is 20.0 Å². The van der Waals surface area contributed by atoms with Gasteiger partial charge < -0.3 is 5.32 Å². The fourth-order valence-corrected chi connectivity index (χ4v) is 7.03. The molecule has 0 aliphatic rings. The quantitative estimate of drug-likeness (QED) is 0.235. The van der Waals surface area contributed by atoms with E-state index in [-0.39, 0.29) is 34.8 Å². The summed E-state index contributed by atoms with van der Waals surface area (Å²) in [6.45, 7) is 0. The topological polar surface area (TPSA) is 137 Å². The first-order chi connectivity index (χ1) is 16.8. The van der Waals surface area contributed by atoms with Crippen molar-refractivity contribution >= 4 is 89.2 Å². The molecule has 0 radical (unpaired) electrons. The van der Waals surface area contributed by atoms with Crippen LogP contribution in [0.15, 0.2) is 64.4 Å². The van der Waals surface area contributed by atoms with Crippen molar-refractivity contribution in [2.75, 3.05) is 24.1 Å². The van der Waals surface area contributed by atoms with Gasteiger partial charge in [-0.3, -0.25) is 20.4 Å². The summed E-state index contributed by atoms with van der Waals surface area (Å²) in [5.41, 5.74) is 5.73. The zero-order chi connectivity index (χ0) is 26.7. The molecule has 0 saturated carbocycles. The molecule has 0 spiro atoms. The van der Waals surface area contributed by atoms with Crippen LogP contribution in [0.1, 0.15) is 10.4 Å². The van der Waals surface area contributed by atoms with E-state index in [2.05, 4.69) is 20.9 Å². The van der Waals surface area contributed by atoms with Gasteiger partial charge in [0.15, 0.2) is 5.11 Å². The zero-order valence-electron chi connectivity index (χ0n) is 18.6. The van der Waals surface area contributed by atoms with Crippen molar-refractivity contribution < 1.29 is 21.6 Å². The van der Waals surface area contributed by atoms with Crippen LogP contribution in [0.25, 0.3) is 0 Å². The number of carbonyl (C=O) groups is 1. The fourth-order valence-electron chi connectivity index (χ4n) is 2.70. The Morgan fingerprint density at radius 1 is 0.944 bits per heavy atom. The second-order valence-corrected chi connectivity index (χ2v) is 13.7. The summed E-state index contributed by atoms with van der Waals surface area (Å²) in [5, 5.41) is 2.80. The van der Waals surface area contributed by atoms with Crippen LogP contribution in [0.2, 0.25) is 8.67 Å². The first kappa shape index (κ1) is 28.1. The molecule has 4 N–H and O–H groups in total. The molecule has 10 nitrogen and oxygen atoms in total. The third kappa shape index (κ3) is 6.85. The van der Waals surface area contributed by atoms with Crippen LogP contribution < -0.4 is 20.9 Å². The van der Waals surface area contributed by atoms with Gasteiger partial charge in [-0.05, 0) is 60.7 Å². The Labute approximate surface area is 227 Å². The maximum Gasteiger partial charge on any atom is 0.269 e. The molecule has 0 fully saturated rings. The molecule has 0 atom stereocenters. The van der Waals surface area contributed by atoms with Gasteiger partial charge in [0.05, 0.1) is 9.23 Å². The molecular formula is C20H19Cl2N5O5S4. The molecule has 1 amide bonds. The second-order valence-electron chi connectivity index (χ2n) is 7.22. The van der Waals surface area contributed by atoms with Crippen molar-refractivity contribution in [3.05, 3.63) is 68.8 Å². The Bertz CT molecular complexity index is 1510. The Morgan fingerprint density at radius 3 is 2.19 bits per heavy atom. The molecule has 36 heavy (non-hydrogen) atoms. The monoisotopic (exact) mass is 607 g/mol. The van der Waals surface area contributed by atoms with Crippen molar-refractivity contribution in [2.24, 2.45) is 0 Å². The minimum atomic E-state index is -3.96. The number of halogens is 2. The molecule has 0 saturated heterocycles. The molecule has 2 aromatic carbocycles. The number of thiocarbonyl (C=S) groups is 1. The van der Waals surface area contributed by atoms with Gasteiger partial charge in [0, 0.05) is 31.0 Å². The number of nitrogens with one attached hydrogen (secondary N) is 4. The molecule has 192 valence electrons. The number of hydrogen-bond acceptors (Lipinski definition) is 7. The van der Waals surface area contributed by atoms with E-state index in [1.807, 2.05) is 0 Å². The number of sulfonamides is 2. The van der Waals surface area contributed by atoms with Crippen molar-refractivity contribution in [1.82, 2.24) is 15.2 Å². The standard InChI is InChI=1S/C20H19Cl2N5O5S4/c1-27(2)36(31,32)15-5-3-4-14(10-15)23-20(33)25-24-19(28)12-6-8-13(9-7-12)26-35(29,30)16-11-17(21)34-18(16)22/h3-11,26H,1-2H3,(H,24,28)(H2,23,25,33). The summed E-state index contributed by atoms with van der Waals surface area (Å²) in [5.74, 6) is -0.551. The van der Waals surface area contributed by atoms with E-state index in [0.717, 1.165) is 15.6 Å². The largest absolute Gasteiger partial charge is 0.331 e. The molecule has 0 bridgehead atoms. The van der Waals surface area contributed by atoms with E-state index in [4.69, 9.17) is 35.4 Å². The van der Waals surface area contributed by atoms with Gasteiger partial charge in [0.1, 0.15) is 9.23 Å². The predicted molar refractivity (Wildman–Crippen MR) is 146 cm³/mol. The van der Waals surface area contributed by atoms with Crippen molar-refractivity contribution in [1.29, 1.82) is 0 Å². The Hall–Kier alpha value is -2.46. The number of anilines is 2. The first-order valence-corrected chi connectivity index (χ1v) is 14.7. The predicted octanol–water partition coefficient (Wildman–Crippen LogP) is 3.74. The van der Waals surface area contributed by atoms with E-state index in [0.29, 0.717) is 5.69 Å². The summed E-state index contributed by atoms with van der Waals surface area (Å²) >= 11 is 17.8. The summed E-state index contributed by atoms with van der Waals surface area (Å²) in [6.07, 6.45) is 0. The lowest BCUT2D eigenvalue weighted by Gasteiger charge is -2.14. The Balaban J connectivity index is 1.58. The van der Waals surface area contributed by atoms with E-state index in [9.17, 15) is 21.6 Å². The van der Waals surface area contributed by atoms with E-state index in [1.165, 1.54) is 56.6 Å². The minimum absolute atomic E-state index is 0.0124. The molecule has 0 unspecified atom stereocenters. The molecule has 16 heteroatoms. The van der Waals surface area contributed by atoms with Crippen LogP contribution >= 0.6 is 46.8 Å². The third-order valence-electron chi connectivity index (χ3n) is 4.47. The third-order valence-corrected chi connectivity index (χ3v) is 9.62. The summed E-state index contributed by atoms with van der Waals surface area (Å²) < 4.78 is 53.3. The maximum atomic E-state index is 12.5. The second kappa shape index (κ2) is 11.3. The lowest BCUT2D eigenvalue weighted by Crippen LogP contribution is -2.43. The van der Waals surface area contributed by atoms with Crippen molar-refractivity contribution in [3.63, 3.8) is 0 Å². The minimum Gasteiger partial charge on any atom is -0.331 e. The van der Waals surface area contributed by atoms with Crippen LogP contribution in [0, 0.1) is 0 Å². The van der Waals surface area contributed by atoms with E-state index in [1.54, 1.807) is 12.1 Å². The highest BCUT2D eigenvalue weighted by Gasteiger charge is 2.21. The van der Waals surface area contributed by atoms with Crippen LogP contribution in [0.3, 0.4) is 0 Å². The van der Waals surface area contributed by atoms with Gasteiger partial charge in [-0.15, -0.1) is 11.3 Å². The lowest BCUT2D eigenvalue weighted by atomic mass is 10.2. The summed E-state index contributed by atoms with van der Waals surface area (Å²) in [7, 11) is -4.73. The molecule has 0 aliphatic heterocycles. The van der Waals surface area contributed by atoms with Crippen LogP contribution in [-0.4, -0.2) is 46.3 Å². The number of hydrazine groups is 1. The Kier molecular flexibility index (Phi) is 8.82. The van der Waals surface area contributed by atoms with Crippen LogP contribution in [0.4, 0.5) is 11.4 Å². The Morgan fingerprint density at radius 2 is 1.61 bits per heavy atom. The highest BCUT2D eigenvalue weighted by Crippen LogP contribution is 2.35. The number of thiophene rings is 1. The first-order valence-electron chi connectivity index (χ1n) is 9.77. The average molecular weight is 609 g/mol. The van der Waals surface area contributed by atoms with Gasteiger partial charge >= 0.3 is 0 Å². The lowest BCUT2D eigenvalue weighted by molar-refractivity contribution is 0.0944. The van der Waals surface area contributed by atoms with Gasteiger partial charge in [-0.1, -0.05) is 29.3 Å². The maximum absolute atomic E-state index is 12.5. The zero-order valence-corrected chi connectivity index (χ0v) is 23.4. The van der Waals surface area contributed by atoms with Crippen molar-refractivity contribution in [2.45, 2.75) is 9.79 Å². The molecule has 1 aromatic heterocycles. The van der Waals surface area contributed by atoms with Crippen molar-refractivity contribution in [3.8, 4) is 0 Å². The number of amides is 1. The number of carbonyl (C=O) groups excluding carboxylic acids is 1. The van der Waals surface area contributed by atoms with Crippen LogP contribution in [0.5, 0.6) is 0 Å². The highest BCUT2D eigenvalue weighted by molar-refractivity contribution is 7.93. The summed E-state index contributed by atoms with van der Waals surface area (Å²) in [4.78, 5) is 12.3. The average Bonchev–Trinajstić information content (AvgIpc) is 3.16. The molecule has 3 rings (SSSR count). The molecule has 0 aliphatic carbocycles. The van der Waals surface area contributed by atoms with Gasteiger partial charge in [-0.25, -0.2) is 21.1 Å². The van der Waals surface area contributed by atoms with E-state index >= 15 is 0 Å². The summed E-state index contributed by atoms with van der Waals surface area (Å²) in [6, 6.07) is 12.9. The van der Waals surface area contributed by atoms with Gasteiger partial charge in [0.25, 0.3) is 15.9 Å². The van der Waals surface area contributed by atoms with E-state index < -0.39 is 26.0 Å². The highest BCUT2D eigenvalue weighted by atomic mass is 35.5. The molecular weight excluding hydrogens is 589 g/mol.